The average molecular weight is 232 g/mol. The fourth-order valence-electron chi connectivity index (χ4n) is 0.628. The van der Waals surface area contributed by atoms with Crippen LogP contribution in [-0.2, 0) is 0 Å². The van der Waals surface area contributed by atoms with Crippen LogP contribution in [0.1, 0.15) is 0 Å². The SMILES string of the molecule is Fc1cccc(N=C=S)c1Br. The number of isothiocyanates is 1. The number of halogens is 2. The van der Waals surface area contributed by atoms with Crippen LogP contribution in [0.2, 0.25) is 0 Å². The van der Waals surface area contributed by atoms with Crippen LogP contribution < -0.4 is 0 Å². The lowest BCUT2D eigenvalue weighted by atomic mass is 10.3. The van der Waals surface area contributed by atoms with E-state index in [9.17, 15) is 4.39 Å². The first kappa shape index (κ1) is 8.53. The van der Waals surface area contributed by atoms with E-state index in [1.165, 1.54) is 6.07 Å². The van der Waals surface area contributed by atoms with Gasteiger partial charge in [-0.2, -0.15) is 4.99 Å². The Morgan fingerprint density at radius 2 is 2.27 bits per heavy atom. The van der Waals surface area contributed by atoms with Crippen molar-refractivity contribution in [2.45, 2.75) is 0 Å². The zero-order valence-electron chi connectivity index (χ0n) is 5.34. The van der Waals surface area contributed by atoms with Crippen molar-refractivity contribution in [2.24, 2.45) is 4.99 Å². The summed E-state index contributed by atoms with van der Waals surface area (Å²) in [5.74, 6) is -0.350. The molecule has 0 N–H and O–H groups in total. The van der Waals surface area contributed by atoms with Crippen molar-refractivity contribution in [3.05, 3.63) is 28.5 Å². The summed E-state index contributed by atoms with van der Waals surface area (Å²) >= 11 is 7.40. The number of aliphatic imine (C=N–C) groups is 1. The van der Waals surface area contributed by atoms with Gasteiger partial charge in [0, 0.05) is 0 Å². The zero-order chi connectivity index (χ0) is 8.27. The first-order chi connectivity index (χ1) is 5.25. The minimum Gasteiger partial charge on any atom is -0.206 e. The van der Waals surface area contributed by atoms with Gasteiger partial charge in [-0.1, -0.05) is 6.07 Å². The maximum absolute atomic E-state index is 12.7. The molecule has 0 heterocycles. The standard InChI is InChI=1S/C7H3BrFNS/c8-7-5(9)2-1-3-6(7)10-4-11/h1-3H. The Morgan fingerprint density at radius 1 is 1.55 bits per heavy atom. The van der Waals surface area contributed by atoms with E-state index in [0.29, 0.717) is 10.2 Å². The molecule has 0 fully saturated rings. The van der Waals surface area contributed by atoms with Crippen molar-refractivity contribution in [3.8, 4) is 0 Å². The summed E-state index contributed by atoms with van der Waals surface area (Å²) in [6.07, 6.45) is 0. The monoisotopic (exact) mass is 231 g/mol. The highest BCUT2D eigenvalue weighted by Crippen LogP contribution is 2.26. The van der Waals surface area contributed by atoms with E-state index in [0.717, 1.165) is 0 Å². The molecule has 0 radical (unpaired) electrons. The van der Waals surface area contributed by atoms with Gasteiger partial charge in [-0.05, 0) is 40.3 Å². The van der Waals surface area contributed by atoms with Crippen molar-refractivity contribution in [3.63, 3.8) is 0 Å². The van der Waals surface area contributed by atoms with Crippen molar-refractivity contribution in [1.82, 2.24) is 0 Å². The Labute approximate surface area is 77.1 Å². The second kappa shape index (κ2) is 3.72. The number of nitrogens with zero attached hydrogens (tertiary/aromatic N) is 1. The van der Waals surface area contributed by atoms with Crippen molar-refractivity contribution < 1.29 is 4.39 Å². The van der Waals surface area contributed by atoms with E-state index in [1.807, 2.05) is 0 Å². The molecule has 0 amide bonds. The fraction of sp³-hybridized carbons (Fsp3) is 0. The Morgan fingerprint density at radius 3 is 2.91 bits per heavy atom. The van der Waals surface area contributed by atoms with Crippen LogP contribution >= 0.6 is 28.1 Å². The number of hydrogen-bond acceptors (Lipinski definition) is 2. The summed E-state index contributed by atoms with van der Waals surface area (Å²) in [5.41, 5.74) is 0.458. The average Bonchev–Trinajstić information content (AvgIpc) is 1.99. The summed E-state index contributed by atoms with van der Waals surface area (Å²) in [7, 11) is 0. The molecule has 0 spiro atoms. The van der Waals surface area contributed by atoms with Gasteiger partial charge in [0.1, 0.15) is 5.82 Å². The molecule has 0 aromatic heterocycles. The second-order valence-corrected chi connectivity index (χ2v) is 2.75. The van der Waals surface area contributed by atoms with Crippen LogP contribution in [0, 0.1) is 5.82 Å². The molecule has 11 heavy (non-hydrogen) atoms. The minimum absolute atomic E-state index is 0.317. The molecule has 0 aliphatic rings. The molecule has 1 aromatic carbocycles. The van der Waals surface area contributed by atoms with E-state index in [1.54, 1.807) is 12.1 Å². The second-order valence-electron chi connectivity index (χ2n) is 1.78. The Hall–Kier alpha value is -0.570. The third kappa shape index (κ3) is 1.93. The Balaban J connectivity index is 3.26. The number of benzene rings is 1. The molecule has 1 nitrogen and oxygen atoms in total. The topological polar surface area (TPSA) is 12.4 Å². The van der Waals surface area contributed by atoms with Gasteiger partial charge in [-0.25, -0.2) is 4.39 Å². The molecule has 56 valence electrons. The van der Waals surface area contributed by atoms with Gasteiger partial charge in [-0.15, -0.1) is 0 Å². The molecular formula is C7H3BrFNS. The third-order valence-corrected chi connectivity index (χ3v) is 1.97. The molecule has 0 saturated heterocycles. The maximum Gasteiger partial charge on any atom is 0.139 e. The van der Waals surface area contributed by atoms with Crippen LogP contribution in [0.25, 0.3) is 0 Å². The molecule has 0 aliphatic heterocycles. The predicted molar refractivity (Wildman–Crippen MR) is 48.8 cm³/mol. The highest BCUT2D eigenvalue weighted by molar-refractivity contribution is 9.10. The van der Waals surface area contributed by atoms with Crippen LogP contribution in [-0.4, -0.2) is 5.16 Å². The molecule has 1 aromatic rings. The van der Waals surface area contributed by atoms with Crippen LogP contribution in [0.15, 0.2) is 27.7 Å². The molecule has 1 rings (SSSR count). The van der Waals surface area contributed by atoms with E-state index in [2.05, 4.69) is 38.3 Å². The van der Waals surface area contributed by atoms with Crippen molar-refractivity contribution in [2.75, 3.05) is 0 Å². The van der Waals surface area contributed by atoms with Crippen LogP contribution in [0.5, 0.6) is 0 Å². The van der Waals surface area contributed by atoms with Gasteiger partial charge >= 0.3 is 0 Å². The van der Waals surface area contributed by atoms with Gasteiger partial charge in [0.05, 0.1) is 15.3 Å². The smallest absolute Gasteiger partial charge is 0.139 e. The van der Waals surface area contributed by atoms with E-state index < -0.39 is 0 Å². The molecule has 4 heteroatoms. The van der Waals surface area contributed by atoms with Crippen molar-refractivity contribution >= 4 is 39.0 Å². The van der Waals surface area contributed by atoms with Gasteiger partial charge in [0.2, 0.25) is 0 Å². The van der Waals surface area contributed by atoms with E-state index >= 15 is 0 Å². The van der Waals surface area contributed by atoms with Gasteiger partial charge < -0.3 is 0 Å². The number of hydrogen-bond donors (Lipinski definition) is 0. The highest BCUT2D eigenvalue weighted by Gasteiger charge is 2.01. The molecule has 0 aliphatic carbocycles. The summed E-state index contributed by atoms with van der Waals surface area (Å²) in [6.45, 7) is 0. The number of rotatable bonds is 1. The summed E-state index contributed by atoms with van der Waals surface area (Å²) in [4.78, 5) is 3.64. The molecular weight excluding hydrogens is 229 g/mol. The minimum atomic E-state index is -0.350. The summed E-state index contributed by atoms with van der Waals surface area (Å²) in [5, 5.41) is 2.16. The lowest BCUT2D eigenvalue weighted by Gasteiger charge is -1.95. The Kier molecular flexibility index (Phi) is 2.88. The van der Waals surface area contributed by atoms with E-state index in [4.69, 9.17) is 0 Å². The van der Waals surface area contributed by atoms with E-state index in [-0.39, 0.29) is 5.82 Å². The molecule has 0 unspecified atom stereocenters. The largest absolute Gasteiger partial charge is 0.206 e. The highest BCUT2D eigenvalue weighted by atomic mass is 79.9. The number of thiocarbonyl (C=S) groups is 1. The molecule has 0 bridgehead atoms. The van der Waals surface area contributed by atoms with Gasteiger partial charge in [0.25, 0.3) is 0 Å². The summed E-state index contributed by atoms with van der Waals surface area (Å²) < 4.78 is 13.1. The lowest BCUT2D eigenvalue weighted by molar-refractivity contribution is 0.621. The van der Waals surface area contributed by atoms with Crippen LogP contribution in [0.3, 0.4) is 0 Å². The van der Waals surface area contributed by atoms with Crippen molar-refractivity contribution in [1.29, 1.82) is 0 Å². The lowest BCUT2D eigenvalue weighted by Crippen LogP contribution is -1.75. The normalized spacial score (nSPS) is 8.91. The van der Waals surface area contributed by atoms with Gasteiger partial charge in [-0.3, -0.25) is 0 Å². The van der Waals surface area contributed by atoms with Crippen LogP contribution in [0.4, 0.5) is 10.1 Å². The fourth-order valence-corrected chi connectivity index (χ4v) is 1.08. The first-order valence-electron chi connectivity index (χ1n) is 2.77. The third-order valence-electron chi connectivity index (χ3n) is 1.10. The quantitative estimate of drug-likeness (QED) is 0.534. The zero-order valence-corrected chi connectivity index (χ0v) is 7.75. The maximum atomic E-state index is 12.7. The molecule has 0 atom stereocenters. The predicted octanol–water partition coefficient (Wildman–Crippen LogP) is 3.32. The first-order valence-corrected chi connectivity index (χ1v) is 3.97. The Bertz CT molecular complexity index is 320. The van der Waals surface area contributed by atoms with Gasteiger partial charge in [0.15, 0.2) is 0 Å². The summed E-state index contributed by atoms with van der Waals surface area (Å²) in [6, 6.07) is 4.55. The molecule has 0 saturated carbocycles.